The number of carbonyl (C=O) groups excluding carboxylic acids is 1. The molecule has 0 aliphatic carbocycles. The van der Waals surface area contributed by atoms with Crippen LogP contribution in [0.3, 0.4) is 0 Å². The summed E-state index contributed by atoms with van der Waals surface area (Å²) >= 11 is 0. The number of carbonyl (C=O) groups is 1. The minimum Gasteiger partial charge on any atom is -0.394 e. The molecule has 1 amide bonds. The van der Waals surface area contributed by atoms with Gasteiger partial charge in [-0.3, -0.25) is 9.35 Å². The van der Waals surface area contributed by atoms with Gasteiger partial charge in [-0.1, -0.05) is 347 Å². The highest BCUT2D eigenvalue weighted by Crippen LogP contribution is 2.27. The van der Waals surface area contributed by atoms with Crippen LogP contribution in [0, 0.1) is 0 Å². The van der Waals surface area contributed by atoms with E-state index in [2.05, 4.69) is 35.5 Å². The molecule has 1 heterocycles. The summed E-state index contributed by atoms with van der Waals surface area (Å²) in [6, 6.07) is -0.857. The van der Waals surface area contributed by atoms with Gasteiger partial charge in [0.15, 0.2) is 6.29 Å². The molecule has 500 valence electrons. The second-order valence-electron chi connectivity index (χ2n) is 25.9. The minimum absolute atomic E-state index is 0.221. The van der Waals surface area contributed by atoms with Gasteiger partial charge in [-0.15, -0.1) is 0 Å². The summed E-state index contributed by atoms with van der Waals surface area (Å²) in [5.74, 6) is -0.221. The van der Waals surface area contributed by atoms with Crippen LogP contribution < -0.4 is 5.32 Å². The van der Waals surface area contributed by atoms with Crippen molar-refractivity contribution >= 4 is 16.3 Å². The molecule has 12 nitrogen and oxygen atoms in total. The monoisotopic (exact) mass is 1210 g/mol. The summed E-state index contributed by atoms with van der Waals surface area (Å²) in [4.78, 5) is 13.2. The lowest BCUT2D eigenvalue weighted by atomic mass is 9.99. The molecule has 1 aliphatic heterocycles. The van der Waals surface area contributed by atoms with Crippen molar-refractivity contribution in [2.45, 2.75) is 423 Å². The quantitative estimate of drug-likeness (QED) is 0.0193. The van der Waals surface area contributed by atoms with Crippen molar-refractivity contribution < 1.29 is 51.8 Å². The summed E-state index contributed by atoms with van der Waals surface area (Å²) in [6.07, 6.45) is 68.3. The van der Waals surface area contributed by atoms with Crippen LogP contribution >= 0.6 is 0 Å². The molecule has 7 unspecified atom stereocenters. The standard InChI is InChI=1S/C71H139NO11S/c1-3-5-7-9-11-13-15-17-19-21-23-25-27-28-29-30-31-32-33-34-35-36-37-38-39-41-43-45-47-49-51-53-55-57-59-61-67(75)72-64(63-81-71-69(77)70(83-84(78,79)80)68(76)66(62-73)82-71)65(74)60-58-56-54-52-50-48-46-44-42-40-26-24-22-20-18-16-14-12-10-8-6-4-2/h30-31,64-66,68-71,73-74,76-77H,3-29,32-63H2,1-2H3,(H,72,75)(H,78,79,80)/b31-30-. The van der Waals surface area contributed by atoms with Crippen molar-refractivity contribution in [2.24, 2.45) is 0 Å². The number of aliphatic hydroxyl groups is 4. The predicted octanol–water partition coefficient (Wildman–Crippen LogP) is 19.3. The lowest BCUT2D eigenvalue weighted by Gasteiger charge is -2.41. The molecule has 13 heteroatoms. The van der Waals surface area contributed by atoms with Gasteiger partial charge in [0.05, 0.1) is 25.4 Å². The average molecular weight is 1210 g/mol. The zero-order valence-corrected chi connectivity index (χ0v) is 55.8. The number of allylic oxidation sites excluding steroid dienone is 2. The Labute approximate surface area is 519 Å². The van der Waals surface area contributed by atoms with Gasteiger partial charge in [-0.05, 0) is 38.5 Å². The maximum absolute atomic E-state index is 13.2. The highest BCUT2D eigenvalue weighted by molar-refractivity contribution is 7.80. The number of aliphatic hydroxyl groups excluding tert-OH is 4. The highest BCUT2D eigenvalue weighted by atomic mass is 32.3. The van der Waals surface area contributed by atoms with Gasteiger partial charge in [0.1, 0.15) is 24.4 Å². The van der Waals surface area contributed by atoms with E-state index in [0.717, 1.165) is 51.4 Å². The van der Waals surface area contributed by atoms with Crippen molar-refractivity contribution in [3.8, 4) is 0 Å². The van der Waals surface area contributed by atoms with Gasteiger partial charge in [-0.2, -0.15) is 8.42 Å². The van der Waals surface area contributed by atoms with Gasteiger partial charge >= 0.3 is 10.4 Å². The molecule has 0 radical (unpaired) electrons. The molecule has 0 aromatic heterocycles. The van der Waals surface area contributed by atoms with Crippen LogP contribution in [0.15, 0.2) is 12.2 Å². The topological polar surface area (TPSA) is 192 Å². The molecule has 1 fully saturated rings. The second kappa shape index (κ2) is 60.7. The third kappa shape index (κ3) is 51.7. The van der Waals surface area contributed by atoms with E-state index in [-0.39, 0.29) is 12.5 Å². The number of amides is 1. The zero-order valence-electron chi connectivity index (χ0n) is 55.0. The smallest absolute Gasteiger partial charge is 0.394 e. The number of ether oxygens (including phenoxy) is 2. The molecule has 0 bridgehead atoms. The summed E-state index contributed by atoms with van der Waals surface area (Å²) in [7, 11) is -5.08. The number of unbranched alkanes of at least 4 members (excludes halogenated alkanes) is 52. The molecule has 7 atom stereocenters. The van der Waals surface area contributed by atoms with Crippen molar-refractivity contribution in [3.63, 3.8) is 0 Å². The van der Waals surface area contributed by atoms with Crippen molar-refractivity contribution in [2.75, 3.05) is 13.2 Å². The Balaban J connectivity index is 2.18. The molecular formula is C71H139NO11S. The molecular weight excluding hydrogens is 1070 g/mol. The Morgan fingerprint density at radius 2 is 0.762 bits per heavy atom. The number of hydrogen-bond donors (Lipinski definition) is 6. The summed E-state index contributed by atoms with van der Waals surface area (Å²) in [5.41, 5.74) is 0. The minimum atomic E-state index is -5.08. The van der Waals surface area contributed by atoms with Crippen LogP contribution in [0.5, 0.6) is 0 Å². The van der Waals surface area contributed by atoms with E-state index >= 15 is 0 Å². The molecule has 1 rings (SSSR count). The number of rotatable bonds is 66. The molecule has 84 heavy (non-hydrogen) atoms. The van der Waals surface area contributed by atoms with Crippen molar-refractivity contribution in [3.05, 3.63) is 12.2 Å². The fraction of sp³-hybridized carbons (Fsp3) is 0.958. The van der Waals surface area contributed by atoms with Gasteiger partial charge in [-0.25, -0.2) is 4.18 Å². The Kier molecular flexibility index (Phi) is 58.5. The predicted molar refractivity (Wildman–Crippen MR) is 352 cm³/mol. The van der Waals surface area contributed by atoms with Gasteiger partial charge in [0.2, 0.25) is 5.91 Å². The van der Waals surface area contributed by atoms with Crippen LogP contribution in [0.2, 0.25) is 0 Å². The van der Waals surface area contributed by atoms with Crippen LogP contribution in [0.25, 0.3) is 0 Å². The summed E-state index contributed by atoms with van der Waals surface area (Å²) in [6.45, 7) is 3.53. The van der Waals surface area contributed by atoms with E-state index in [1.165, 1.54) is 302 Å². The van der Waals surface area contributed by atoms with E-state index in [4.69, 9.17) is 9.47 Å². The Morgan fingerprint density at radius 3 is 1.07 bits per heavy atom. The maximum atomic E-state index is 13.2. The Bertz CT molecular complexity index is 1520. The molecule has 0 aromatic rings. The van der Waals surface area contributed by atoms with E-state index in [1.54, 1.807) is 0 Å². The molecule has 0 spiro atoms. The average Bonchev–Trinajstić information content (AvgIpc) is 3.68. The van der Waals surface area contributed by atoms with Crippen molar-refractivity contribution in [1.82, 2.24) is 5.32 Å². The third-order valence-corrected chi connectivity index (χ3v) is 18.3. The van der Waals surface area contributed by atoms with Crippen LogP contribution in [0.1, 0.15) is 380 Å². The first-order valence-corrected chi connectivity index (χ1v) is 37.9. The van der Waals surface area contributed by atoms with Crippen LogP contribution in [-0.4, -0.2) is 95.4 Å². The first-order chi connectivity index (χ1) is 41.0. The van der Waals surface area contributed by atoms with Gasteiger partial charge in [0, 0.05) is 6.42 Å². The molecule has 1 saturated heterocycles. The first kappa shape index (κ1) is 80.9. The molecule has 1 aliphatic rings. The van der Waals surface area contributed by atoms with Gasteiger partial charge in [0.25, 0.3) is 0 Å². The van der Waals surface area contributed by atoms with Crippen LogP contribution in [0.4, 0.5) is 0 Å². The zero-order chi connectivity index (χ0) is 61.1. The summed E-state index contributed by atoms with van der Waals surface area (Å²) in [5, 5.41) is 45.4. The largest absolute Gasteiger partial charge is 0.397 e. The SMILES string of the molecule is CCCCCCCCCCCCCCCC/C=C\CCCCCCCCCCCCCCCCCCCC(=O)NC(COC1OC(CO)C(O)C(OS(=O)(=O)O)C1O)C(O)CCCCCCCCCCCCCCCCCCCCCCCC. The van der Waals surface area contributed by atoms with E-state index in [0.29, 0.717) is 12.8 Å². The fourth-order valence-electron chi connectivity index (χ4n) is 12.2. The third-order valence-electron chi connectivity index (χ3n) is 17.8. The summed E-state index contributed by atoms with van der Waals surface area (Å²) < 4.78 is 48.1. The molecule has 0 aromatic carbocycles. The lowest BCUT2D eigenvalue weighted by Crippen LogP contribution is -2.61. The van der Waals surface area contributed by atoms with E-state index in [1.807, 2.05) is 0 Å². The number of hydrogen-bond acceptors (Lipinski definition) is 10. The molecule has 6 N–H and O–H groups in total. The van der Waals surface area contributed by atoms with E-state index < -0.39 is 59.9 Å². The Morgan fingerprint density at radius 1 is 0.464 bits per heavy atom. The maximum Gasteiger partial charge on any atom is 0.397 e. The highest BCUT2D eigenvalue weighted by Gasteiger charge is 2.48. The Hall–Kier alpha value is -1.16. The van der Waals surface area contributed by atoms with Crippen LogP contribution in [-0.2, 0) is 28.9 Å². The van der Waals surface area contributed by atoms with Crippen molar-refractivity contribution in [1.29, 1.82) is 0 Å². The molecule has 0 saturated carbocycles. The number of nitrogens with one attached hydrogen (secondary N) is 1. The van der Waals surface area contributed by atoms with Gasteiger partial charge < -0.3 is 35.2 Å². The lowest BCUT2D eigenvalue weighted by molar-refractivity contribution is -0.298. The first-order valence-electron chi connectivity index (χ1n) is 36.6. The fourth-order valence-corrected chi connectivity index (χ4v) is 12.7. The van der Waals surface area contributed by atoms with E-state index in [9.17, 15) is 38.2 Å². The normalized spacial score (nSPS) is 18.3. The second-order valence-corrected chi connectivity index (χ2v) is 26.9.